The smallest absolute Gasteiger partial charge is 0.113 e. The van der Waals surface area contributed by atoms with E-state index in [1.165, 1.54) is 0 Å². The maximum Gasteiger partial charge on any atom is 0.113 e. The van der Waals surface area contributed by atoms with Crippen molar-refractivity contribution in [1.29, 1.82) is 0 Å². The molecule has 1 fully saturated rings. The lowest BCUT2D eigenvalue weighted by molar-refractivity contribution is 0.0402. The Hall–Kier alpha value is -0.0700. The lowest BCUT2D eigenvalue weighted by Gasteiger charge is -2.35. The Balaban J connectivity index is 2.48. The Bertz CT molecular complexity index is 121. The zero-order chi connectivity index (χ0) is 8.48. The van der Waals surface area contributed by atoms with Gasteiger partial charge in [0.05, 0.1) is 0 Å². The van der Waals surface area contributed by atoms with E-state index in [-0.39, 0.29) is 5.92 Å². The van der Waals surface area contributed by atoms with Crippen molar-refractivity contribution in [3.05, 3.63) is 0 Å². The van der Waals surface area contributed by atoms with Crippen LogP contribution >= 0.6 is 0 Å². The molecule has 11 heavy (non-hydrogen) atoms. The van der Waals surface area contributed by atoms with E-state index < -0.39 is 5.67 Å². The normalized spacial score (nSPS) is 39.5. The summed E-state index contributed by atoms with van der Waals surface area (Å²) >= 11 is 0. The van der Waals surface area contributed by atoms with Crippen LogP contribution in [0.15, 0.2) is 0 Å². The molecule has 0 spiro atoms. The van der Waals surface area contributed by atoms with Crippen LogP contribution in [-0.2, 0) is 0 Å². The van der Waals surface area contributed by atoms with Crippen LogP contribution < -0.4 is 0 Å². The summed E-state index contributed by atoms with van der Waals surface area (Å²) in [5, 5.41) is 0. The van der Waals surface area contributed by atoms with E-state index in [0.717, 1.165) is 31.6 Å². The van der Waals surface area contributed by atoms with Gasteiger partial charge in [-0.2, -0.15) is 0 Å². The van der Waals surface area contributed by atoms with E-state index in [2.05, 4.69) is 6.92 Å². The number of hydrogen-bond acceptors (Lipinski definition) is 0. The first-order valence-electron chi connectivity index (χ1n) is 4.73. The molecular formula is C10H19F. The summed E-state index contributed by atoms with van der Waals surface area (Å²) in [6, 6.07) is 0. The Morgan fingerprint density at radius 2 is 1.73 bits per heavy atom. The topological polar surface area (TPSA) is 0 Å². The van der Waals surface area contributed by atoms with Gasteiger partial charge in [-0.25, -0.2) is 4.39 Å². The highest BCUT2D eigenvalue weighted by atomic mass is 19.1. The molecule has 0 unspecified atom stereocenters. The molecule has 1 aliphatic rings. The zero-order valence-electron chi connectivity index (χ0n) is 7.86. The van der Waals surface area contributed by atoms with Gasteiger partial charge in [-0.05, 0) is 37.5 Å². The van der Waals surface area contributed by atoms with Crippen molar-refractivity contribution in [2.45, 2.75) is 52.1 Å². The van der Waals surface area contributed by atoms with Crippen LogP contribution in [0.5, 0.6) is 0 Å². The number of halogens is 1. The monoisotopic (exact) mass is 158 g/mol. The van der Waals surface area contributed by atoms with Crippen LogP contribution in [0.1, 0.15) is 46.5 Å². The third kappa shape index (κ3) is 1.94. The van der Waals surface area contributed by atoms with Crippen LogP contribution in [0.3, 0.4) is 0 Å². The minimum absolute atomic E-state index is 0.204. The average Bonchev–Trinajstić information content (AvgIpc) is 1.95. The summed E-state index contributed by atoms with van der Waals surface area (Å²) in [4.78, 5) is 0. The summed E-state index contributed by atoms with van der Waals surface area (Å²) < 4.78 is 13.9. The molecule has 0 bridgehead atoms. The van der Waals surface area contributed by atoms with Crippen molar-refractivity contribution < 1.29 is 4.39 Å². The lowest BCUT2D eigenvalue weighted by atomic mass is 9.75. The van der Waals surface area contributed by atoms with Gasteiger partial charge >= 0.3 is 0 Å². The maximum atomic E-state index is 13.9. The van der Waals surface area contributed by atoms with E-state index >= 15 is 0 Å². The van der Waals surface area contributed by atoms with E-state index in [1.807, 2.05) is 13.8 Å². The van der Waals surface area contributed by atoms with Crippen LogP contribution in [0.4, 0.5) is 4.39 Å². The summed E-state index contributed by atoms with van der Waals surface area (Å²) in [5.41, 5.74) is -0.841. The van der Waals surface area contributed by atoms with Gasteiger partial charge in [-0.3, -0.25) is 0 Å². The average molecular weight is 158 g/mol. The molecule has 0 aromatic rings. The molecule has 1 heteroatoms. The van der Waals surface area contributed by atoms with Crippen molar-refractivity contribution >= 4 is 0 Å². The molecular weight excluding hydrogens is 139 g/mol. The second-order valence-electron chi connectivity index (χ2n) is 4.37. The Morgan fingerprint density at radius 1 is 1.27 bits per heavy atom. The standard InChI is InChI=1S/C10H19F/c1-8(2)10(11)6-4-9(3)5-7-10/h8-9H,4-7H2,1-3H3. The summed E-state index contributed by atoms with van der Waals surface area (Å²) in [6.45, 7) is 6.21. The van der Waals surface area contributed by atoms with Crippen LogP contribution in [-0.4, -0.2) is 5.67 Å². The molecule has 1 aliphatic carbocycles. The SMILES string of the molecule is CC1CCC(F)(C(C)C)CC1. The molecule has 0 amide bonds. The molecule has 0 radical (unpaired) electrons. The fourth-order valence-electron chi connectivity index (χ4n) is 1.82. The molecule has 0 aromatic carbocycles. The van der Waals surface area contributed by atoms with Crippen molar-refractivity contribution in [2.24, 2.45) is 11.8 Å². The van der Waals surface area contributed by atoms with Gasteiger partial charge in [0.2, 0.25) is 0 Å². The summed E-state index contributed by atoms with van der Waals surface area (Å²) in [5.74, 6) is 0.952. The molecule has 0 saturated heterocycles. The van der Waals surface area contributed by atoms with Gasteiger partial charge in [0.15, 0.2) is 0 Å². The molecule has 0 nitrogen and oxygen atoms in total. The fourth-order valence-corrected chi connectivity index (χ4v) is 1.82. The maximum absolute atomic E-state index is 13.9. The van der Waals surface area contributed by atoms with Crippen molar-refractivity contribution in [1.82, 2.24) is 0 Å². The molecule has 1 rings (SSSR count). The molecule has 0 aromatic heterocycles. The Kier molecular flexibility index (Phi) is 2.56. The number of alkyl halides is 1. The van der Waals surface area contributed by atoms with Gasteiger partial charge in [0.1, 0.15) is 5.67 Å². The van der Waals surface area contributed by atoms with E-state index in [0.29, 0.717) is 0 Å². The van der Waals surface area contributed by atoms with Gasteiger partial charge < -0.3 is 0 Å². The fraction of sp³-hybridized carbons (Fsp3) is 1.00. The second kappa shape index (κ2) is 3.12. The molecule has 66 valence electrons. The molecule has 1 saturated carbocycles. The molecule has 0 N–H and O–H groups in total. The van der Waals surface area contributed by atoms with Gasteiger partial charge in [0, 0.05) is 0 Å². The number of rotatable bonds is 1. The summed E-state index contributed by atoms with van der Waals surface area (Å²) in [6.07, 6.45) is 3.72. The van der Waals surface area contributed by atoms with E-state index in [9.17, 15) is 4.39 Å². The highest BCUT2D eigenvalue weighted by molar-refractivity contribution is 4.87. The highest BCUT2D eigenvalue weighted by Crippen LogP contribution is 2.39. The largest absolute Gasteiger partial charge is 0.244 e. The van der Waals surface area contributed by atoms with Crippen molar-refractivity contribution in [3.63, 3.8) is 0 Å². The molecule has 0 atom stereocenters. The first-order chi connectivity index (χ1) is 5.04. The summed E-state index contributed by atoms with van der Waals surface area (Å²) in [7, 11) is 0. The third-order valence-corrected chi connectivity index (χ3v) is 3.14. The van der Waals surface area contributed by atoms with Gasteiger partial charge in [-0.1, -0.05) is 20.8 Å². The van der Waals surface area contributed by atoms with Gasteiger partial charge in [0.25, 0.3) is 0 Å². The molecule has 0 aliphatic heterocycles. The zero-order valence-corrected chi connectivity index (χ0v) is 7.86. The second-order valence-corrected chi connectivity index (χ2v) is 4.37. The van der Waals surface area contributed by atoms with E-state index in [1.54, 1.807) is 0 Å². The first kappa shape index (κ1) is 9.02. The van der Waals surface area contributed by atoms with E-state index in [4.69, 9.17) is 0 Å². The van der Waals surface area contributed by atoms with Crippen LogP contribution in [0.2, 0.25) is 0 Å². The van der Waals surface area contributed by atoms with Crippen LogP contribution in [0, 0.1) is 11.8 Å². The quantitative estimate of drug-likeness (QED) is 0.547. The number of hydrogen-bond donors (Lipinski definition) is 0. The van der Waals surface area contributed by atoms with Gasteiger partial charge in [-0.15, -0.1) is 0 Å². The minimum atomic E-state index is -0.841. The Labute approximate surface area is 69.2 Å². The molecule has 0 heterocycles. The van der Waals surface area contributed by atoms with Crippen molar-refractivity contribution in [2.75, 3.05) is 0 Å². The predicted octanol–water partition coefficient (Wildman–Crippen LogP) is 3.56. The highest BCUT2D eigenvalue weighted by Gasteiger charge is 2.36. The minimum Gasteiger partial charge on any atom is -0.244 e. The Morgan fingerprint density at radius 3 is 2.09 bits per heavy atom. The first-order valence-corrected chi connectivity index (χ1v) is 4.73. The van der Waals surface area contributed by atoms with Crippen LogP contribution in [0.25, 0.3) is 0 Å². The lowest BCUT2D eigenvalue weighted by Crippen LogP contribution is -2.34. The third-order valence-electron chi connectivity index (χ3n) is 3.14. The van der Waals surface area contributed by atoms with Crippen molar-refractivity contribution in [3.8, 4) is 0 Å². The predicted molar refractivity (Wildman–Crippen MR) is 46.3 cm³/mol.